The molecule has 1 unspecified atom stereocenters. The van der Waals surface area contributed by atoms with Crippen LogP contribution in [0.15, 0.2) is 66.9 Å². The molecule has 2 amide bonds. The number of hydrogen-bond acceptors (Lipinski definition) is 4. The van der Waals surface area contributed by atoms with Crippen LogP contribution < -0.4 is 14.2 Å². The molecule has 10 heteroatoms. The monoisotopic (exact) mass is 579 g/mol. The van der Waals surface area contributed by atoms with Gasteiger partial charge in [0.25, 0.3) is 0 Å². The van der Waals surface area contributed by atoms with E-state index >= 15 is 0 Å². The van der Waals surface area contributed by atoms with Gasteiger partial charge in [0.05, 0.1) is 20.3 Å². The summed E-state index contributed by atoms with van der Waals surface area (Å²) in [4.78, 5) is 21.1. The molecule has 3 aromatic carbocycles. The number of carbonyl (C=O) groups is 1. The number of fused-ring (bicyclic) bond motifs is 2. The number of para-hydroxylation sites is 1. The van der Waals surface area contributed by atoms with Crippen LogP contribution in [0.5, 0.6) is 17.2 Å². The SMILES string of the molecule is COc1cc2c(c(OC)c1)C(c1cccc(OC(F)(F)F)c1)N(C(=O)N1CCC(c3c[nH]c4ccccc34)CC1)CC2. The molecule has 2 aliphatic rings. The second-order valence-corrected chi connectivity index (χ2v) is 10.7. The third-order valence-electron chi connectivity index (χ3n) is 8.34. The Hall–Kier alpha value is -4.34. The molecule has 1 N–H and O–H groups in total. The van der Waals surface area contributed by atoms with Gasteiger partial charge in [0.15, 0.2) is 0 Å². The number of rotatable bonds is 5. The lowest BCUT2D eigenvalue weighted by molar-refractivity contribution is -0.274. The molecule has 0 radical (unpaired) electrons. The first-order valence-electron chi connectivity index (χ1n) is 14.0. The van der Waals surface area contributed by atoms with Crippen LogP contribution in [0.25, 0.3) is 10.9 Å². The van der Waals surface area contributed by atoms with Crippen molar-refractivity contribution in [3.63, 3.8) is 0 Å². The van der Waals surface area contributed by atoms with Crippen molar-refractivity contribution in [1.29, 1.82) is 0 Å². The van der Waals surface area contributed by atoms with E-state index in [1.807, 2.05) is 23.1 Å². The Balaban J connectivity index is 1.31. The first kappa shape index (κ1) is 27.8. The second kappa shape index (κ2) is 11.2. The number of carbonyl (C=O) groups excluding carboxylic acids is 1. The highest BCUT2D eigenvalue weighted by Gasteiger charge is 2.39. The predicted molar refractivity (Wildman–Crippen MR) is 152 cm³/mol. The number of aromatic nitrogens is 1. The van der Waals surface area contributed by atoms with Crippen LogP contribution in [-0.2, 0) is 6.42 Å². The van der Waals surface area contributed by atoms with Crippen LogP contribution >= 0.6 is 0 Å². The van der Waals surface area contributed by atoms with E-state index in [1.54, 1.807) is 24.1 Å². The molecule has 42 heavy (non-hydrogen) atoms. The van der Waals surface area contributed by atoms with E-state index < -0.39 is 12.4 Å². The summed E-state index contributed by atoms with van der Waals surface area (Å²) in [6.07, 6.45) is -0.578. The molecular formula is C32H32F3N3O4. The number of nitrogens with zero attached hydrogens (tertiary/aromatic N) is 2. The Labute approximate surface area is 241 Å². The van der Waals surface area contributed by atoms with Gasteiger partial charge in [-0.05, 0) is 66.1 Å². The summed E-state index contributed by atoms with van der Waals surface area (Å²) in [5.41, 5.74) is 4.52. The van der Waals surface area contributed by atoms with E-state index in [0.717, 1.165) is 29.5 Å². The van der Waals surface area contributed by atoms with E-state index in [-0.39, 0.29) is 11.8 Å². The smallest absolute Gasteiger partial charge is 0.497 e. The Bertz CT molecular complexity index is 1580. The van der Waals surface area contributed by atoms with Gasteiger partial charge in [-0.25, -0.2) is 4.79 Å². The standard InChI is InChI=1S/C32H32F3N3O4/c1-40-24-16-21-12-15-38(30(29(21)28(18-24)41-2)22-6-5-7-23(17-22)42-32(33,34)35)31(39)37-13-10-20(11-14-37)26-19-36-27-9-4-3-8-25(26)27/h3-9,16-20,30,36H,10-15H2,1-2H3. The zero-order valence-electron chi connectivity index (χ0n) is 23.4. The first-order valence-corrected chi connectivity index (χ1v) is 14.0. The Kier molecular flexibility index (Phi) is 7.38. The zero-order valence-corrected chi connectivity index (χ0v) is 23.4. The van der Waals surface area contributed by atoms with Gasteiger partial charge in [-0.3, -0.25) is 0 Å². The van der Waals surface area contributed by atoms with Gasteiger partial charge in [-0.15, -0.1) is 13.2 Å². The van der Waals surface area contributed by atoms with E-state index in [9.17, 15) is 18.0 Å². The number of aromatic amines is 1. The molecule has 6 rings (SSSR count). The summed E-state index contributed by atoms with van der Waals surface area (Å²) in [6.45, 7) is 1.55. The molecule has 220 valence electrons. The number of ether oxygens (including phenoxy) is 3. The number of piperidine rings is 1. The number of hydrogen-bond donors (Lipinski definition) is 1. The van der Waals surface area contributed by atoms with Crippen molar-refractivity contribution in [3.05, 3.63) is 89.1 Å². The fraction of sp³-hybridized carbons (Fsp3) is 0.344. The quantitative estimate of drug-likeness (QED) is 0.276. The molecule has 1 fully saturated rings. The molecule has 1 atom stereocenters. The molecule has 0 saturated carbocycles. The third kappa shape index (κ3) is 5.33. The number of nitrogens with one attached hydrogen (secondary N) is 1. The van der Waals surface area contributed by atoms with Gasteiger partial charge >= 0.3 is 12.4 Å². The normalized spacial score (nSPS) is 17.7. The molecule has 0 spiro atoms. The minimum atomic E-state index is -4.83. The first-order chi connectivity index (χ1) is 20.3. The highest BCUT2D eigenvalue weighted by atomic mass is 19.4. The van der Waals surface area contributed by atoms with Crippen molar-refractivity contribution >= 4 is 16.9 Å². The van der Waals surface area contributed by atoms with Crippen molar-refractivity contribution < 1.29 is 32.2 Å². The summed E-state index contributed by atoms with van der Waals surface area (Å²) in [5, 5.41) is 1.21. The number of H-pyrrole nitrogens is 1. The predicted octanol–water partition coefficient (Wildman–Crippen LogP) is 7.03. The van der Waals surface area contributed by atoms with Crippen LogP contribution in [0.2, 0.25) is 0 Å². The van der Waals surface area contributed by atoms with E-state index in [2.05, 4.69) is 28.1 Å². The van der Waals surface area contributed by atoms with Gasteiger partial charge < -0.3 is 29.0 Å². The van der Waals surface area contributed by atoms with E-state index in [1.165, 1.54) is 36.3 Å². The topological polar surface area (TPSA) is 67.0 Å². The molecule has 1 saturated heterocycles. The minimum absolute atomic E-state index is 0.150. The van der Waals surface area contributed by atoms with Crippen LogP contribution in [0.4, 0.5) is 18.0 Å². The third-order valence-corrected chi connectivity index (χ3v) is 8.34. The average molecular weight is 580 g/mol. The molecule has 3 heterocycles. The Morgan fingerprint density at radius 1 is 0.929 bits per heavy atom. The van der Waals surface area contributed by atoms with Gasteiger partial charge in [0.2, 0.25) is 0 Å². The summed E-state index contributed by atoms with van der Waals surface area (Å²) >= 11 is 0. The fourth-order valence-electron chi connectivity index (χ4n) is 6.42. The van der Waals surface area contributed by atoms with Gasteiger partial charge in [-0.2, -0.15) is 0 Å². The molecule has 0 bridgehead atoms. The van der Waals surface area contributed by atoms with Crippen LogP contribution in [0.3, 0.4) is 0 Å². The maximum atomic E-state index is 14.2. The Morgan fingerprint density at radius 2 is 1.71 bits per heavy atom. The van der Waals surface area contributed by atoms with Crippen LogP contribution in [0, 0.1) is 0 Å². The van der Waals surface area contributed by atoms with E-state index in [4.69, 9.17) is 9.47 Å². The Morgan fingerprint density at radius 3 is 2.45 bits per heavy atom. The average Bonchev–Trinajstić information content (AvgIpc) is 3.43. The van der Waals surface area contributed by atoms with Gasteiger partial charge in [-0.1, -0.05) is 30.3 Å². The molecule has 2 aliphatic heterocycles. The molecule has 1 aromatic heterocycles. The summed E-state index contributed by atoms with van der Waals surface area (Å²) in [6, 6.07) is 16.9. The highest BCUT2D eigenvalue weighted by Crippen LogP contribution is 2.44. The number of benzene rings is 3. The maximum absolute atomic E-state index is 14.2. The number of methoxy groups -OCH3 is 2. The summed E-state index contributed by atoms with van der Waals surface area (Å²) < 4.78 is 54.7. The van der Waals surface area contributed by atoms with Crippen LogP contribution in [-0.4, -0.2) is 61.0 Å². The molecule has 0 aliphatic carbocycles. The summed E-state index contributed by atoms with van der Waals surface area (Å²) in [7, 11) is 3.10. The lowest BCUT2D eigenvalue weighted by atomic mass is 9.86. The number of urea groups is 1. The zero-order chi connectivity index (χ0) is 29.4. The van der Waals surface area contributed by atoms with Crippen molar-refractivity contribution in [2.45, 2.75) is 37.6 Å². The van der Waals surface area contributed by atoms with Crippen molar-refractivity contribution in [3.8, 4) is 17.2 Å². The van der Waals surface area contributed by atoms with Gasteiger partial charge in [0.1, 0.15) is 17.2 Å². The molecule has 4 aromatic rings. The number of likely N-dealkylation sites (tertiary alicyclic amines) is 1. The number of halogens is 3. The van der Waals surface area contributed by atoms with Gasteiger partial charge in [0, 0.05) is 48.4 Å². The fourth-order valence-corrected chi connectivity index (χ4v) is 6.42. The van der Waals surface area contributed by atoms with Crippen molar-refractivity contribution in [1.82, 2.24) is 14.8 Å². The summed E-state index contributed by atoms with van der Waals surface area (Å²) in [5.74, 6) is 1.10. The maximum Gasteiger partial charge on any atom is 0.573 e. The van der Waals surface area contributed by atoms with Crippen molar-refractivity contribution in [2.75, 3.05) is 33.9 Å². The lowest BCUT2D eigenvalue weighted by Gasteiger charge is -2.42. The molecule has 7 nitrogen and oxygen atoms in total. The van der Waals surface area contributed by atoms with E-state index in [0.29, 0.717) is 49.0 Å². The number of alkyl halides is 3. The molecular weight excluding hydrogens is 547 g/mol. The largest absolute Gasteiger partial charge is 0.573 e. The second-order valence-electron chi connectivity index (χ2n) is 10.7. The highest BCUT2D eigenvalue weighted by molar-refractivity contribution is 5.83. The van der Waals surface area contributed by atoms with Crippen LogP contribution in [0.1, 0.15) is 47.1 Å². The number of amides is 2. The van der Waals surface area contributed by atoms with Crippen molar-refractivity contribution in [2.24, 2.45) is 0 Å². The minimum Gasteiger partial charge on any atom is -0.497 e. The lowest BCUT2D eigenvalue weighted by Crippen LogP contribution is -2.50.